The number of hydrogen-bond donors (Lipinski definition) is 4. The number of nitrogens with zero attached hydrogens (tertiary/aromatic N) is 5. The fourth-order valence-electron chi connectivity index (χ4n) is 3.59. The van der Waals surface area contributed by atoms with Crippen molar-refractivity contribution >= 4 is 28.7 Å². The zero-order chi connectivity index (χ0) is 20.4. The minimum Gasteiger partial charge on any atom is -0.381 e. The summed E-state index contributed by atoms with van der Waals surface area (Å²) in [6.07, 6.45) is 8.69. The van der Waals surface area contributed by atoms with Crippen molar-refractivity contribution < 1.29 is 4.79 Å². The van der Waals surface area contributed by atoms with E-state index in [2.05, 4.69) is 30.6 Å². The Morgan fingerprint density at radius 1 is 1.31 bits per heavy atom. The van der Waals surface area contributed by atoms with Crippen LogP contribution in [0, 0.1) is 0 Å². The number of hydrogen-bond acceptors (Lipinski definition) is 8. The van der Waals surface area contributed by atoms with Crippen LogP contribution in [0.4, 0.5) is 17.2 Å². The van der Waals surface area contributed by atoms with Gasteiger partial charge in [-0.05, 0) is 26.0 Å². The summed E-state index contributed by atoms with van der Waals surface area (Å²) in [7, 11) is 1.85. The summed E-state index contributed by atoms with van der Waals surface area (Å²) < 4.78 is 1.53. The highest BCUT2D eigenvalue weighted by atomic mass is 16.1. The minimum atomic E-state index is -0.366. The van der Waals surface area contributed by atoms with Crippen molar-refractivity contribution in [3.63, 3.8) is 0 Å². The van der Waals surface area contributed by atoms with Crippen LogP contribution >= 0.6 is 0 Å². The molecule has 0 saturated carbocycles. The van der Waals surface area contributed by atoms with E-state index in [0.29, 0.717) is 17.9 Å². The van der Waals surface area contributed by atoms with Gasteiger partial charge in [0, 0.05) is 49.8 Å². The first-order valence-electron chi connectivity index (χ1n) is 9.60. The number of rotatable bonds is 5. The van der Waals surface area contributed by atoms with Gasteiger partial charge in [0.25, 0.3) is 5.91 Å². The zero-order valence-corrected chi connectivity index (χ0v) is 16.3. The van der Waals surface area contributed by atoms with Crippen molar-refractivity contribution in [2.24, 2.45) is 5.73 Å². The van der Waals surface area contributed by atoms with Gasteiger partial charge in [-0.1, -0.05) is 0 Å². The van der Waals surface area contributed by atoms with E-state index < -0.39 is 0 Å². The molecule has 0 atom stereocenters. The monoisotopic (exact) mass is 395 g/mol. The van der Waals surface area contributed by atoms with E-state index in [0.717, 1.165) is 37.2 Å². The Bertz CT molecular complexity index is 1020. The molecule has 6 N–H and O–H groups in total. The van der Waals surface area contributed by atoms with E-state index >= 15 is 0 Å². The molecule has 0 spiro atoms. The molecule has 1 amide bonds. The molecule has 0 aliphatic carbocycles. The second kappa shape index (κ2) is 8.02. The van der Waals surface area contributed by atoms with Crippen molar-refractivity contribution in [2.75, 3.05) is 36.1 Å². The van der Waals surface area contributed by atoms with Gasteiger partial charge in [0.1, 0.15) is 5.56 Å². The normalized spacial score (nSPS) is 15.0. The van der Waals surface area contributed by atoms with Gasteiger partial charge < -0.3 is 27.0 Å². The minimum absolute atomic E-state index is 0.131. The Balaban J connectivity index is 1.61. The van der Waals surface area contributed by atoms with Gasteiger partial charge in [0.2, 0.25) is 0 Å². The number of nitrogen functional groups attached to an aromatic ring is 1. The van der Waals surface area contributed by atoms with Crippen molar-refractivity contribution in [3.05, 3.63) is 42.0 Å². The van der Waals surface area contributed by atoms with Gasteiger partial charge in [-0.25, -0.2) is 9.50 Å². The molecular weight excluding hydrogens is 370 g/mol. The highest BCUT2D eigenvalue weighted by Crippen LogP contribution is 2.28. The zero-order valence-electron chi connectivity index (χ0n) is 16.3. The van der Waals surface area contributed by atoms with Crippen LogP contribution in [-0.2, 0) is 6.54 Å². The summed E-state index contributed by atoms with van der Waals surface area (Å²) in [6, 6.07) is 2.12. The molecule has 29 heavy (non-hydrogen) atoms. The summed E-state index contributed by atoms with van der Waals surface area (Å²) in [4.78, 5) is 23.8. The van der Waals surface area contributed by atoms with Crippen LogP contribution in [0.1, 0.15) is 28.8 Å². The standard InChI is InChI=1S/C19H25N9O/c1-22-8-12-9-24-18-16(17(21)26-28(18)11-12)19(29)25-14-10-23-5-2-15(14)27-6-3-13(20)4-7-27/h2,5,9-11,13,22H,3-4,6-8,20H2,1H3,(H2,21,26)(H,25,29). The SMILES string of the molecule is CNCc1cnc2c(C(=O)Nc3cnccc3N3CCC(N)CC3)c(N)nn2c1. The highest BCUT2D eigenvalue weighted by molar-refractivity contribution is 6.12. The lowest BCUT2D eigenvalue weighted by Gasteiger charge is -2.33. The fourth-order valence-corrected chi connectivity index (χ4v) is 3.59. The van der Waals surface area contributed by atoms with Crippen LogP contribution in [0.3, 0.4) is 0 Å². The van der Waals surface area contributed by atoms with Crippen molar-refractivity contribution in [1.82, 2.24) is 24.9 Å². The number of carbonyl (C=O) groups excluding carboxylic acids is 1. The molecule has 0 aromatic carbocycles. The van der Waals surface area contributed by atoms with E-state index in [1.165, 1.54) is 4.52 Å². The number of aromatic nitrogens is 4. The Hall–Kier alpha value is -3.24. The lowest BCUT2D eigenvalue weighted by atomic mass is 10.1. The van der Waals surface area contributed by atoms with Crippen LogP contribution in [0.25, 0.3) is 5.65 Å². The Labute approximate surface area is 168 Å². The molecule has 0 radical (unpaired) electrons. The Morgan fingerprint density at radius 2 is 2.10 bits per heavy atom. The van der Waals surface area contributed by atoms with E-state index in [1.54, 1.807) is 24.8 Å². The molecule has 4 heterocycles. The molecule has 1 saturated heterocycles. The molecule has 1 aliphatic heterocycles. The maximum absolute atomic E-state index is 13.0. The van der Waals surface area contributed by atoms with Crippen LogP contribution in [0.5, 0.6) is 0 Å². The lowest BCUT2D eigenvalue weighted by molar-refractivity contribution is 0.102. The lowest BCUT2D eigenvalue weighted by Crippen LogP contribution is -2.40. The summed E-state index contributed by atoms with van der Waals surface area (Å²) in [6.45, 7) is 2.31. The van der Waals surface area contributed by atoms with Crippen LogP contribution in [-0.4, -0.2) is 51.7 Å². The molecule has 3 aromatic rings. The molecule has 152 valence electrons. The smallest absolute Gasteiger partial charge is 0.263 e. The van der Waals surface area contributed by atoms with Gasteiger partial charge in [-0.2, -0.15) is 0 Å². The first-order chi connectivity index (χ1) is 14.1. The van der Waals surface area contributed by atoms with E-state index in [9.17, 15) is 4.79 Å². The number of nitrogens with two attached hydrogens (primary N) is 2. The van der Waals surface area contributed by atoms with Crippen LogP contribution < -0.4 is 27.0 Å². The summed E-state index contributed by atoms with van der Waals surface area (Å²) in [5.74, 6) is -0.236. The predicted molar refractivity (Wildman–Crippen MR) is 112 cm³/mol. The molecule has 10 nitrogen and oxygen atoms in total. The Morgan fingerprint density at radius 3 is 2.86 bits per heavy atom. The molecule has 3 aromatic heterocycles. The van der Waals surface area contributed by atoms with Crippen LogP contribution in [0.2, 0.25) is 0 Å². The third-order valence-corrected chi connectivity index (χ3v) is 5.09. The molecule has 1 aliphatic rings. The summed E-state index contributed by atoms with van der Waals surface area (Å²) in [5.41, 5.74) is 15.2. The number of nitrogens with one attached hydrogen (secondary N) is 2. The summed E-state index contributed by atoms with van der Waals surface area (Å²) >= 11 is 0. The summed E-state index contributed by atoms with van der Waals surface area (Å²) in [5, 5.41) is 10.2. The van der Waals surface area contributed by atoms with E-state index in [1.807, 2.05) is 13.1 Å². The molecular formula is C19H25N9O. The predicted octanol–water partition coefficient (Wildman–Crippen LogP) is 0.606. The van der Waals surface area contributed by atoms with E-state index in [-0.39, 0.29) is 23.3 Å². The van der Waals surface area contributed by atoms with Gasteiger partial charge in [-0.3, -0.25) is 9.78 Å². The molecule has 0 unspecified atom stereocenters. The average Bonchev–Trinajstić information content (AvgIpc) is 3.04. The second-order valence-corrected chi connectivity index (χ2v) is 7.19. The van der Waals surface area contributed by atoms with Gasteiger partial charge in [0.15, 0.2) is 11.5 Å². The fraction of sp³-hybridized carbons (Fsp3) is 0.368. The quantitative estimate of drug-likeness (QED) is 0.493. The van der Waals surface area contributed by atoms with Crippen molar-refractivity contribution in [3.8, 4) is 0 Å². The third-order valence-electron chi connectivity index (χ3n) is 5.09. The molecule has 0 bridgehead atoms. The third kappa shape index (κ3) is 3.84. The topological polar surface area (TPSA) is 139 Å². The molecule has 1 fully saturated rings. The van der Waals surface area contributed by atoms with Crippen molar-refractivity contribution in [1.29, 1.82) is 0 Å². The highest BCUT2D eigenvalue weighted by Gasteiger charge is 2.23. The largest absolute Gasteiger partial charge is 0.381 e. The molecule has 4 rings (SSSR count). The first kappa shape index (κ1) is 19.1. The van der Waals surface area contributed by atoms with Gasteiger partial charge in [0.05, 0.1) is 17.6 Å². The number of amides is 1. The second-order valence-electron chi connectivity index (χ2n) is 7.19. The maximum Gasteiger partial charge on any atom is 0.263 e. The van der Waals surface area contributed by atoms with Crippen LogP contribution in [0.15, 0.2) is 30.9 Å². The average molecular weight is 395 g/mol. The number of piperidine rings is 1. The number of carbonyl (C=O) groups is 1. The Kier molecular flexibility index (Phi) is 5.28. The number of pyridine rings is 1. The maximum atomic E-state index is 13.0. The van der Waals surface area contributed by atoms with Gasteiger partial charge >= 0.3 is 0 Å². The number of fused-ring (bicyclic) bond motifs is 1. The first-order valence-corrected chi connectivity index (χ1v) is 9.60. The molecule has 10 heteroatoms. The number of anilines is 3. The van der Waals surface area contributed by atoms with Crippen molar-refractivity contribution in [2.45, 2.75) is 25.4 Å². The van der Waals surface area contributed by atoms with Gasteiger partial charge in [-0.15, -0.1) is 5.10 Å². The van der Waals surface area contributed by atoms with E-state index in [4.69, 9.17) is 11.5 Å².